The third kappa shape index (κ3) is 2.10. The second-order valence-corrected chi connectivity index (χ2v) is 6.02. The van der Waals surface area contributed by atoms with Crippen LogP contribution in [0.25, 0.3) is 10.9 Å². The minimum Gasteiger partial charge on any atom is -0.369 e. The van der Waals surface area contributed by atoms with E-state index < -0.39 is 0 Å². The molecule has 2 aromatic rings. The van der Waals surface area contributed by atoms with Gasteiger partial charge in [-0.15, -0.1) is 0 Å². The molecule has 1 aliphatic carbocycles. The zero-order chi connectivity index (χ0) is 14.3. The molecule has 0 saturated carbocycles. The van der Waals surface area contributed by atoms with Crippen LogP contribution >= 0.6 is 11.6 Å². The van der Waals surface area contributed by atoms with Crippen LogP contribution in [-0.2, 0) is 24.2 Å². The first kappa shape index (κ1) is 13.5. The summed E-state index contributed by atoms with van der Waals surface area (Å²) in [7, 11) is 0. The van der Waals surface area contributed by atoms with Gasteiger partial charge in [-0.05, 0) is 49.4 Å². The highest BCUT2D eigenvalue weighted by molar-refractivity contribution is 6.31. The minimum atomic E-state index is -0.186. The lowest BCUT2D eigenvalue weighted by Gasteiger charge is -2.21. The Bertz CT molecular complexity index is 675. The first-order chi connectivity index (χ1) is 9.61. The van der Waals surface area contributed by atoms with Gasteiger partial charge in [0.05, 0.1) is 0 Å². The molecule has 1 atom stereocenters. The van der Waals surface area contributed by atoms with Crippen molar-refractivity contribution in [3.63, 3.8) is 0 Å². The number of benzene rings is 1. The Balaban J connectivity index is 2.19. The zero-order valence-electron chi connectivity index (χ0n) is 11.7. The summed E-state index contributed by atoms with van der Waals surface area (Å²) in [6, 6.07) is 6.04. The maximum Gasteiger partial charge on any atom is 0.220 e. The Labute approximate surface area is 123 Å². The molecule has 0 bridgehead atoms. The number of rotatable bonds is 3. The number of hydrogen-bond donors (Lipinski definition) is 1. The van der Waals surface area contributed by atoms with Crippen molar-refractivity contribution in [3.8, 4) is 0 Å². The molecule has 1 aliphatic rings. The molecule has 3 nitrogen and oxygen atoms in total. The quantitative estimate of drug-likeness (QED) is 0.926. The van der Waals surface area contributed by atoms with Crippen LogP contribution in [0, 0.1) is 5.92 Å². The molecule has 1 heterocycles. The van der Waals surface area contributed by atoms with E-state index in [0.717, 1.165) is 37.3 Å². The summed E-state index contributed by atoms with van der Waals surface area (Å²) in [4.78, 5) is 11.5. The van der Waals surface area contributed by atoms with Gasteiger partial charge in [0.2, 0.25) is 5.91 Å². The number of nitrogens with zero attached hydrogens (tertiary/aromatic N) is 1. The van der Waals surface area contributed by atoms with Crippen molar-refractivity contribution < 1.29 is 4.79 Å². The Kier molecular flexibility index (Phi) is 3.47. The van der Waals surface area contributed by atoms with Crippen LogP contribution in [0.4, 0.5) is 0 Å². The molecule has 2 N–H and O–H groups in total. The van der Waals surface area contributed by atoms with E-state index in [1.54, 1.807) is 0 Å². The fourth-order valence-corrected chi connectivity index (χ4v) is 3.52. The van der Waals surface area contributed by atoms with E-state index in [0.29, 0.717) is 0 Å². The average Bonchev–Trinajstić information content (AvgIpc) is 2.73. The van der Waals surface area contributed by atoms with Gasteiger partial charge in [0.1, 0.15) is 0 Å². The second-order valence-electron chi connectivity index (χ2n) is 5.58. The number of amides is 1. The summed E-state index contributed by atoms with van der Waals surface area (Å²) in [6.07, 6.45) is 3.63. The maximum atomic E-state index is 11.5. The monoisotopic (exact) mass is 290 g/mol. The van der Waals surface area contributed by atoms with Crippen molar-refractivity contribution in [1.29, 1.82) is 0 Å². The van der Waals surface area contributed by atoms with E-state index in [1.807, 2.05) is 12.1 Å². The number of aryl methyl sites for hydroxylation is 1. The summed E-state index contributed by atoms with van der Waals surface area (Å²) in [5, 5.41) is 1.93. The fourth-order valence-electron chi connectivity index (χ4n) is 3.34. The Hall–Kier alpha value is -1.48. The molecule has 0 aliphatic heterocycles. The van der Waals surface area contributed by atoms with Gasteiger partial charge in [0.25, 0.3) is 0 Å². The predicted octanol–water partition coefficient (Wildman–Crippen LogP) is 3.29. The van der Waals surface area contributed by atoms with Crippen molar-refractivity contribution in [1.82, 2.24) is 4.57 Å². The molecule has 1 aromatic carbocycles. The smallest absolute Gasteiger partial charge is 0.220 e. The molecule has 0 spiro atoms. The molecule has 4 heteroatoms. The molecule has 1 unspecified atom stereocenters. The van der Waals surface area contributed by atoms with Gasteiger partial charge in [-0.2, -0.15) is 0 Å². The minimum absolute atomic E-state index is 0.0397. The normalized spacial score (nSPS) is 18.2. The molecule has 20 heavy (non-hydrogen) atoms. The van der Waals surface area contributed by atoms with Crippen molar-refractivity contribution in [2.45, 2.75) is 39.2 Å². The Morgan fingerprint density at radius 3 is 3.00 bits per heavy atom. The van der Waals surface area contributed by atoms with E-state index in [2.05, 4.69) is 17.6 Å². The highest BCUT2D eigenvalue weighted by atomic mass is 35.5. The first-order valence-electron chi connectivity index (χ1n) is 7.20. The molecule has 3 rings (SSSR count). The second kappa shape index (κ2) is 5.13. The molecule has 0 radical (unpaired) electrons. The summed E-state index contributed by atoms with van der Waals surface area (Å²) in [6.45, 7) is 3.19. The summed E-state index contributed by atoms with van der Waals surface area (Å²) >= 11 is 6.15. The molecule has 0 saturated heterocycles. The SMILES string of the molecule is CCCn1c2c(c3cc(Cl)ccc31)CC(C(N)=O)CC2. The van der Waals surface area contributed by atoms with Crippen molar-refractivity contribution in [2.24, 2.45) is 11.7 Å². The van der Waals surface area contributed by atoms with E-state index in [9.17, 15) is 4.79 Å². The average molecular weight is 291 g/mol. The van der Waals surface area contributed by atoms with Crippen LogP contribution in [0.5, 0.6) is 0 Å². The largest absolute Gasteiger partial charge is 0.369 e. The Morgan fingerprint density at radius 1 is 1.50 bits per heavy atom. The number of primary amides is 1. The standard InChI is InChI=1S/C16H19ClN2O/c1-2-7-19-14-5-3-10(16(18)20)8-12(14)13-9-11(17)4-6-15(13)19/h4,6,9-10H,2-3,5,7-8H2,1H3,(H2,18,20). The van der Waals surface area contributed by atoms with E-state index in [4.69, 9.17) is 17.3 Å². The van der Waals surface area contributed by atoms with Crippen LogP contribution in [0.1, 0.15) is 31.0 Å². The fraction of sp³-hybridized carbons (Fsp3) is 0.438. The Morgan fingerprint density at radius 2 is 2.30 bits per heavy atom. The van der Waals surface area contributed by atoms with Crippen LogP contribution in [0.15, 0.2) is 18.2 Å². The molecular formula is C16H19ClN2O. The van der Waals surface area contributed by atoms with E-state index in [-0.39, 0.29) is 11.8 Å². The number of aromatic nitrogens is 1. The van der Waals surface area contributed by atoms with E-state index in [1.165, 1.54) is 22.2 Å². The molecular weight excluding hydrogens is 272 g/mol. The molecule has 106 valence electrons. The van der Waals surface area contributed by atoms with Gasteiger partial charge in [0, 0.05) is 34.1 Å². The summed E-state index contributed by atoms with van der Waals surface area (Å²) < 4.78 is 2.39. The topological polar surface area (TPSA) is 48.0 Å². The zero-order valence-corrected chi connectivity index (χ0v) is 12.4. The van der Waals surface area contributed by atoms with Crippen LogP contribution in [0.3, 0.4) is 0 Å². The number of carbonyl (C=O) groups excluding carboxylic acids is 1. The predicted molar refractivity (Wildman–Crippen MR) is 81.9 cm³/mol. The number of carbonyl (C=O) groups is 1. The molecule has 0 fully saturated rings. The van der Waals surface area contributed by atoms with Gasteiger partial charge in [0.15, 0.2) is 0 Å². The first-order valence-corrected chi connectivity index (χ1v) is 7.58. The van der Waals surface area contributed by atoms with Crippen molar-refractivity contribution in [3.05, 3.63) is 34.5 Å². The van der Waals surface area contributed by atoms with E-state index >= 15 is 0 Å². The van der Waals surface area contributed by atoms with Crippen LogP contribution in [0.2, 0.25) is 5.02 Å². The lowest BCUT2D eigenvalue weighted by atomic mass is 9.86. The van der Waals surface area contributed by atoms with Gasteiger partial charge in [-0.1, -0.05) is 18.5 Å². The summed E-state index contributed by atoms with van der Waals surface area (Å²) in [5.41, 5.74) is 9.35. The van der Waals surface area contributed by atoms with Gasteiger partial charge < -0.3 is 10.3 Å². The number of hydrogen-bond acceptors (Lipinski definition) is 1. The number of nitrogens with two attached hydrogens (primary N) is 1. The highest BCUT2D eigenvalue weighted by Gasteiger charge is 2.27. The number of fused-ring (bicyclic) bond motifs is 3. The lowest BCUT2D eigenvalue weighted by Crippen LogP contribution is -2.29. The number of halogens is 1. The van der Waals surface area contributed by atoms with Crippen molar-refractivity contribution >= 4 is 28.4 Å². The third-order valence-electron chi connectivity index (χ3n) is 4.28. The van der Waals surface area contributed by atoms with Crippen LogP contribution in [-0.4, -0.2) is 10.5 Å². The van der Waals surface area contributed by atoms with Crippen molar-refractivity contribution in [2.75, 3.05) is 0 Å². The van der Waals surface area contributed by atoms with Gasteiger partial charge in [-0.25, -0.2) is 0 Å². The molecule has 1 amide bonds. The van der Waals surface area contributed by atoms with Gasteiger partial charge >= 0.3 is 0 Å². The highest BCUT2D eigenvalue weighted by Crippen LogP contribution is 2.35. The summed E-state index contributed by atoms with van der Waals surface area (Å²) in [5.74, 6) is -0.226. The third-order valence-corrected chi connectivity index (χ3v) is 4.51. The molecule has 1 aromatic heterocycles. The van der Waals surface area contributed by atoms with Gasteiger partial charge in [-0.3, -0.25) is 4.79 Å². The lowest BCUT2D eigenvalue weighted by molar-refractivity contribution is -0.122. The maximum absolute atomic E-state index is 11.5. The van der Waals surface area contributed by atoms with Crippen LogP contribution < -0.4 is 5.73 Å².